The van der Waals surface area contributed by atoms with Gasteiger partial charge in [0.2, 0.25) is 5.91 Å². The SMILES string of the molecule is Cl.O=C(CC1COCCN1)N(CCc1ccccc1)C1CCOC1. The third kappa shape index (κ3) is 5.45. The molecule has 1 aromatic rings. The molecule has 2 unspecified atom stereocenters. The highest BCUT2D eigenvalue weighted by molar-refractivity contribution is 5.85. The Balaban J connectivity index is 0.00000208. The van der Waals surface area contributed by atoms with E-state index in [1.165, 1.54) is 5.56 Å². The van der Waals surface area contributed by atoms with E-state index >= 15 is 0 Å². The average molecular weight is 355 g/mol. The van der Waals surface area contributed by atoms with Crippen molar-refractivity contribution in [2.24, 2.45) is 0 Å². The molecule has 134 valence electrons. The van der Waals surface area contributed by atoms with Gasteiger partial charge in [-0.1, -0.05) is 30.3 Å². The summed E-state index contributed by atoms with van der Waals surface area (Å²) in [4.78, 5) is 14.8. The van der Waals surface area contributed by atoms with Crippen LogP contribution in [0.4, 0.5) is 0 Å². The van der Waals surface area contributed by atoms with Gasteiger partial charge in [-0.15, -0.1) is 12.4 Å². The first-order chi connectivity index (χ1) is 11.3. The molecule has 0 aromatic heterocycles. The third-order valence-corrected chi connectivity index (χ3v) is 4.57. The number of hydrogen-bond acceptors (Lipinski definition) is 4. The summed E-state index contributed by atoms with van der Waals surface area (Å²) in [6, 6.07) is 10.7. The lowest BCUT2D eigenvalue weighted by atomic mass is 10.1. The Morgan fingerprint density at radius 2 is 1.96 bits per heavy atom. The van der Waals surface area contributed by atoms with Crippen molar-refractivity contribution in [3.8, 4) is 0 Å². The molecule has 1 N–H and O–H groups in total. The second kappa shape index (κ2) is 9.99. The van der Waals surface area contributed by atoms with Crippen LogP contribution in [0.5, 0.6) is 0 Å². The van der Waals surface area contributed by atoms with Gasteiger partial charge in [-0.05, 0) is 18.4 Å². The Bertz CT molecular complexity index is 488. The zero-order valence-electron chi connectivity index (χ0n) is 14.0. The molecule has 5 nitrogen and oxygen atoms in total. The molecule has 24 heavy (non-hydrogen) atoms. The third-order valence-electron chi connectivity index (χ3n) is 4.57. The molecule has 1 amide bonds. The molecule has 2 saturated heterocycles. The summed E-state index contributed by atoms with van der Waals surface area (Å²) in [7, 11) is 0. The smallest absolute Gasteiger partial charge is 0.224 e. The molecule has 0 spiro atoms. The van der Waals surface area contributed by atoms with Crippen LogP contribution in [0.1, 0.15) is 18.4 Å². The molecule has 0 saturated carbocycles. The predicted octanol–water partition coefficient (Wildman–Crippen LogP) is 1.65. The summed E-state index contributed by atoms with van der Waals surface area (Å²) in [6.07, 6.45) is 2.33. The maximum absolute atomic E-state index is 12.8. The Hall–Kier alpha value is -1.14. The van der Waals surface area contributed by atoms with E-state index < -0.39 is 0 Å². The minimum atomic E-state index is 0. The van der Waals surface area contributed by atoms with E-state index in [-0.39, 0.29) is 30.4 Å². The standard InChI is InChI=1S/C18H26N2O3.ClH/c21-18(12-16-13-23-11-8-19-16)20(17-7-10-22-14-17)9-6-15-4-2-1-3-5-15;/h1-5,16-17,19H,6-14H2;1H. The lowest BCUT2D eigenvalue weighted by Crippen LogP contribution is -2.48. The van der Waals surface area contributed by atoms with Crippen molar-refractivity contribution in [1.82, 2.24) is 10.2 Å². The number of benzene rings is 1. The molecule has 2 fully saturated rings. The quantitative estimate of drug-likeness (QED) is 0.844. The first-order valence-electron chi connectivity index (χ1n) is 8.55. The summed E-state index contributed by atoms with van der Waals surface area (Å²) in [5, 5.41) is 3.37. The number of morpholine rings is 1. The highest BCUT2D eigenvalue weighted by atomic mass is 35.5. The van der Waals surface area contributed by atoms with Crippen molar-refractivity contribution in [2.75, 3.05) is 39.5 Å². The fourth-order valence-electron chi connectivity index (χ4n) is 3.25. The topological polar surface area (TPSA) is 50.8 Å². The molecule has 0 aliphatic carbocycles. The minimum Gasteiger partial charge on any atom is -0.379 e. The van der Waals surface area contributed by atoms with Gasteiger partial charge in [-0.3, -0.25) is 4.79 Å². The average Bonchev–Trinajstić information content (AvgIpc) is 3.11. The molecule has 0 bridgehead atoms. The number of carbonyl (C=O) groups is 1. The number of halogens is 1. The summed E-state index contributed by atoms with van der Waals surface area (Å²) < 4.78 is 11.0. The first-order valence-corrected chi connectivity index (χ1v) is 8.55. The Morgan fingerprint density at radius 3 is 2.62 bits per heavy atom. The highest BCUT2D eigenvalue weighted by Gasteiger charge is 2.29. The Labute approximate surface area is 150 Å². The van der Waals surface area contributed by atoms with E-state index in [2.05, 4.69) is 17.4 Å². The maximum Gasteiger partial charge on any atom is 0.224 e. The van der Waals surface area contributed by atoms with Crippen molar-refractivity contribution < 1.29 is 14.3 Å². The van der Waals surface area contributed by atoms with Crippen LogP contribution in [0.25, 0.3) is 0 Å². The summed E-state index contributed by atoms with van der Waals surface area (Å²) in [6.45, 7) is 4.36. The van der Waals surface area contributed by atoms with Crippen molar-refractivity contribution in [1.29, 1.82) is 0 Å². The molecule has 1 aromatic carbocycles. The normalized spacial score (nSPS) is 23.5. The molecule has 0 radical (unpaired) electrons. The van der Waals surface area contributed by atoms with E-state index in [1.807, 2.05) is 23.1 Å². The summed E-state index contributed by atoms with van der Waals surface area (Å²) in [5.41, 5.74) is 1.27. The largest absolute Gasteiger partial charge is 0.379 e. The van der Waals surface area contributed by atoms with Gasteiger partial charge >= 0.3 is 0 Å². The van der Waals surface area contributed by atoms with Crippen LogP contribution in [0.15, 0.2) is 30.3 Å². The van der Waals surface area contributed by atoms with Gasteiger partial charge < -0.3 is 19.7 Å². The van der Waals surface area contributed by atoms with Crippen LogP contribution >= 0.6 is 12.4 Å². The van der Waals surface area contributed by atoms with Crippen LogP contribution in [0.2, 0.25) is 0 Å². The van der Waals surface area contributed by atoms with Crippen molar-refractivity contribution >= 4 is 18.3 Å². The number of rotatable bonds is 6. The lowest BCUT2D eigenvalue weighted by Gasteiger charge is -2.31. The molecule has 6 heteroatoms. The summed E-state index contributed by atoms with van der Waals surface area (Å²) in [5.74, 6) is 0.208. The number of ether oxygens (including phenoxy) is 2. The Morgan fingerprint density at radius 1 is 1.17 bits per heavy atom. The number of hydrogen-bond donors (Lipinski definition) is 1. The molecular weight excluding hydrogens is 328 g/mol. The number of nitrogens with one attached hydrogen (secondary N) is 1. The Kier molecular flexibility index (Phi) is 7.99. The number of amides is 1. The van der Waals surface area contributed by atoms with Crippen LogP contribution in [0, 0.1) is 0 Å². The molecule has 2 heterocycles. The number of carbonyl (C=O) groups excluding carboxylic acids is 1. The lowest BCUT2D eigenvalue weighted by molar-refractivity contribution is -0.134. The van der Waals surface area contributed by atoms with Crippen molar-refractivity contribution in [3.05, 3.63) is 35.9 Å². The maximum atomic E-state index is 12.8. The summed E-state index contributed by atoms with van der Waals surface area (Å²) >= 11 is 0. The van der Waals surface area contributed by atoms with E-state index in [1.54, 1.807) is 0 Å². The molecule has 2 aliphatic rings. The minimum absolute atomic E-state index is 0. The van der Waals surface area contributed by atoms with E-state index in [9.17, 15) is 4.79 Å². The predicted molar refractivity (Wildman–Crippen MR) is 95.6 cm³/mol. The zero-order chi connectivity index (χ0) is 15.9. The fraction of sp³-hybridized carbons (Fsp3) is 0.611. The van der Waals surface area contributed by atoms with Gasteiger partial charge in [-0.25, -0.2) is 0 Å². The van der Waals surface area contributed by atoms with Crippen LogP contribution < -0.4 is 5.32 Å². The fourth-order valence-corrected chi connectivity index (χ4v) is 3.25. The van der Waals surface area contributed by atoms with Gasteiger partial charge in [0.15, 0.2) is 0 Å². The van der Waals surface area contributed by atoms with Gasteiger partial charge in [0, 0.05) is 32.2 Å². The first kappa shape index (κ1) is 19.2. The highest BCUT2D eigenvalue weighted by Crippen LogP contribution is 2.16. The zero-order valence-corrected chi connectivity index (χ0v) is 14.8. The molecule has 3 rings (SSSR count). The van der Waals surface area contributed by atoms with Crippen LogP contribution in [-0.2, 0) is 20.7 Å². The van der Waals surface area contributed by atoms with E-state index in [0.717, 1.165) is 39.1 Å². The van der Waals surface area contributed by atoms with E-state index in [0.29, 0.717) is 19.6 Å². The van der Waals surface area contributed by atoms with Crippen molar-refractivity contribution in [3.63, 3.8) is 0 Å². The monoisotopic (exact) mass is 354 g/mol. The second-order valence-corrected chi connectivity index (χ2v) is 6.27. The van der Waals surface area contributed by atoms with Crippen LogP contribution in [-0.4, -0.2) is 62.4 Å². The van der Waals surface area contributed by atoms with Crippen LogP contribution in [0.3, 0.4) is 0 Å². The van der Waals surface area contributed by atoms with Crippen molar-refractivity contribution in [2.45, 2.75) is 31.3 Å². The van der Waals surface area contributed by atoms with Gasteiger partial charge in [0.1, 0.15) is 0 Å². The van der Waals surface area contributed by atoms with Gasteiger partial charge in [0.05, 0.1) is 25.9 Å². The van der Waals surface area contributed by atoms with Gasteiger partial charge in [-0.2, -0.15) is 0 Å². The number of nitrogens with zero attached hydrogens (tertiary/aromatic N) is 1. The van der Waals surface area contributed by atoms with Gasteiger partial charge in [0.25, 0.3) is 0 Å². The second-order valence-electron chi connectivity index (χ2n) is 6.27. The van der Waals surface area contributed by atoms with E-state index in [4.69, 9.17) is 9.47 Å². The molecular formula is C18H27ClN2O3. The molecule has 2 aliphatic heterocycles. The molecule has 2 atom stereocenters.